The van der Waals surface area contributed by atoms with Crippen LogP contribution in [0.25, 0.3) is 0 Å². The summed E-state index contributed by atoms with van der Waals surface area (Å²) in [5.41, 5.74) is 0.799. The summed E-state index contributed by atoms with van der Waals surface area (Å²) in [6.07, 6.45) is 2.09. The fourth-order valence-corrected chi connectivity index (χ4v) is 2.74. The maximum atomic E-state index is 12.6. The molecular formula is C16H21N3O5. The molecule has 0 bridgehead atoms. The Balaban J connectivity index is 2.24. The van der Waals surface area contributed by atoms with Gasteiger partial charge in [-0.3, -0.25) is 19.7 Å². The monoisotopic (exact) mass is 335 g/mol. The Hall–Kier alpha value is -2.64. The zero-order valence-corrected chi connectivity index (χ0v) is 13.8. The fourth-order valence-electron chi connectivity index (χ4n) is 2.74. The first-order valence-electron chi connectivity index (χ1n) is 7.83. The minimum absolute atomic E-state index is 0.0379. The predicted octanol–water partition coefficient (Wildman–Crippen LogP) is 1.88. The van der Waals surface area contributed by atoms with Gasteiger partial charge in [0.25, 0.3) is 11.6 Å². The number of hydrogen-bond donors (Lipinski definition) is 1. The van der Waals surface area contributed by atoms with Crippen LogP contribution in [0.1, 0.15) is 36.5 Å². The Morgan fingerprint density at radius 2 is 2.04 bits per heavy atom. The molecule has 1 fully saturated rings. The van der Waals surface area contributed by atoms with E-state index in [1.807, 2.05) is 4.90 Å². The largest absolute Gasteiger partial charge is 0.469 e. The summed E-state index contributed by atoms with van der Waals surface area (Å²) in [4.78, 5) is 36.4. The first kappa shape index (κ1) is 17.7. The lowest BCUT2D eigenvalue weighted by molar-refractivity contribution is -0.384. The fraction of sp³-hybridized carbons (Fsp3) is 0.500. The SMILES string of the molecule is COC(=O)CC(C)NC(=O)c1cc([N+](=O)[O-])ccc1N1CCCC1. The molecule has 1 aromatic carbocycles. The van der Waals surface area contributed by atoms with Crippen molar-refractivity contribution < 1.29 is 19.2 Å². The number of ether oxygens (including phenoxy) is 1. The van der Waals surface area contributed by atoms with E-state index in [1.165, 1.54) is 19.2 Å². The Bertz CT molecular complexity index is 641. The van der Waals surface area contributed by atoms with Crippen LogP contribution in [-0.4, -0.2) is 43.0 Å². The van der Waals surface area contributed by atoms with Gasteiger partial charge in [-0.2, -0.15) is 0 Å². The molecule has 0 spiro atoms. The molecular weight excluding hydrogens is 314 g/mol. The van der Waals surface area contributed by atoms with Gasteiger partial charge in [0.1, 0.15) is 0 Å². The zero-order valence-electron chi connectivity index (χ0n) is 13.8. The second-order valence-corrected chi connectivity index (χ2v) is 5.81. The lowest BCUT2D eigenvalue weighted by Gasteiger charge is -2.21. The van der Waals surface area contributed by atoms with Crippen molar-refractivity contribution in [1.29, 1.82) is 0 Å². The van der Waals surface area contributed by atoms with Crippen LogP contribution in [0.2, 0.25) is 0 Å². The average Bonchev–Trinajstić information content (AvgIpc) is 3.08. The lowest BCUT2D eigenvalue weighted by Crippen LogP contribution is -2.35. The van der Waals surface area contributed by atoms with E-state index in [-0.39, 0.29) is 17.7 Å². The number of esters is 1. The van der Waals surface area contributed by atoms with E-state index in [2.05, 4.69) is 10.1 Å². The van der Waals surface area contributed by atoms with E-state index in [0.717, 1.165) is 25.9 Å². The van der Waals surface area contributed by atoms with Gasteiger partial charge in [-0.05, 0) is 25.8 Å². The van der Waals surface area contributed by atoms with Gasteiger partial charge in [-0.15, -0.1) is 0 Å². The van der Waals surface area contributed by atoms with E-state index in [1.54, 1.807) is 13.0 Å². The highest BCUT2D eigenvalue weighted by atomic mass is 16.6. The minimum Gasteiger partial charge on any atom is -0.469 e. The number of hydrogen-bond acceptors (Lipinski definition) is 6. The van der Waals surface area contributed by atoms with Crippen molar-refractivity contribution in [2.75, 3.05) is 25.1 Å². The normalized spacial score (nSPS) is 15.0. The Morgan fingerprint density at radius 1 is 1.38 bits per heavy atom. The minimum atomic E-state index is -0.525. The number of carbonyl (C=O) groups is 2. The van der Waals surface area contributed by atoms with Crippen LogP contribution in [0, 0.1) is 10.1 Å². The Morgan fingerprint density at radius 3 is 2.62 bits per heavy atom. The molecule has 24 heavy (non-hydrogen) atoms. The van der Waals surface area contributed by atoms with Gasteiger partial charge >= 0.3 is 5.97 Å². The van der Waals surface area contributed by atoms with Crippen LogP contribution in [0.15, 0.2) is 18.2 Å². The zero-order chi connectivity index (χ0) is 17.7. The maximum Gasteiger partial charge on any atom is 0.307 e. The summed E-state index contributed by atoms with van der Waals surface area (Å²) in [5, 5.41) is 13.7. The summed E-state index contributed by atoms with van der Waals surface area (Å²) in [7, 11) is 1.28. The lowest BCUT2D eigenvalue weighted by atomic mass is 10.1. The molecule has 1 aliphatic rings. The standard InChI is InChI=1S/C16H21N3O5/c1-11(9-15(20)24-2)17-16(21)13-10-12(19(22)23)5-6-14(13)18-7-3-4-8-18/h5-6,10-11H,3-4,7-9H2,1-2H3,(H,17,21). The highest BCUT2D eigenvalue weighted by molar-refractivity contribution is 6.00. The van der Waals surface area contributed by atoms with Crippen molar-refractivity contribution in [3.8, 4) is 0 Å². The molecule has 0 aromatic heterocycles. The van der Waals surface area contributed by atoms with Gasteiger partial charge in [-0.25, -0.2) is 0 Å². The molecule has 8 heteroatoms. The number of nitrogens with one attached hydrogen (secondary N) is 1. The number of nitrogens with zero attached hydrogens (tertiary/aromatic N) is 2. The van der Waals surface area contributed by atoms with Crippen LogP contribution in [-0.2, 0) is 9.53 Å². The molecule has 1 saturated heterocycles. The van der Waals surface area contributed by atoms with Gasteiger partial charge < -0.3 is 15.0 Å². The molecule has 0 aliphatic carbocycles. The van der Waals surface area contributed by atoms with Crippen molar-refractivity contribution in [2.45, 2.75) is 32.2 Å². The van der Waals surface area contributed by atoms with Crippen molar-refractivity contribution in [1.82, 2.24) is 5.32 Å². The molecule has 0 saturated carbocycles. The van der Waals surface area contributed by atoms with Crippen LogP contribution in [0.3, 0.4) is 0 Å². The van der Waals surface area contributed by atoms with Crippen molar-refractivity contribution >= 4 is 23.3 Å². The number of non-ortho nitro benzene ring substituents is 1. The van der Waals surface area contributed by atoms with E-state index in [9.17, 15) is 19.7 Å². The first-order valence-corrected chi connectivity index (χ1v) is 7.83. The van der Waals surface area contributed by atoms with Gasteiger partial charge in [0.15, 0.2) is 0 Å². The number of amides is 1. The molecule has 1 atom stereocenters. The molecule has 1 heterocycles. The third-order valence-corrected chi connectivity index (χ3v) is 3.96. The Labute approximate surface area is 139 Å². The van der Waals surface area contributed by atoms with Crippen LogP contribution >= 0.6 is 0 Å². The quantitative estimate of drug-likeness (QED) is 0.484. The average molecular weight is 335 g/mol. The second kappa shape index (κ2) is 7.76. The predicted molar refractivity (Wildman–Crippen MR) is 88.1 cm³/mol. The molecule has 130 valence electrons. The van der Waals surface area contributed by atoms with E-state index in [0.29, 0.717) is 5.69 Å². The third kappa shape index (κ3) is 4.21. The molecule has 0 radical (unpaired) electrons. The Kier molecular flexibility index (Phi) is 5.73. The van der Waals surface area contributed by atoms with Gasteiger partial charge in [0.05, 0.1) is 29.7 Å². The summed E-state index contributed by atoms with van der Waals surface area (Å²) < 4.78 is 4.58. The van der Waals surface area contributed by atoms with Crippen molar-refractivity contribution in [2.24, 2.45) is 0 Å². The highest BCUT2D eigenvalue weighted by Gasteiger charge is 2.23. The van der Waals surface area contributed by atoms with Crippen LogP contribution in [0.5, 0.6) is 0 Å². The smallest absolute Gasteiger partial charge is 0.307 e. The molecule has 2 rings (SSSR count). The number of benzene rings is 1. The second-order valence-electron chi connectivity index (χ2n) is 5.81. The first-order chi connectivity index (χ1) is 11.4. The molecule has 1 N–H and O–H groups in total. The number of anilines is 1. The molecule has 1 unspecified atom stereocenters. The van der Waals surface area contributed by atoms with Crippen LogP contribution < -0.4 is 10.2 Å². The molecule has 1 aliphatic heterocycles. The van der Waals surface area contributed by atoms with Gasteiger partial charge in [0, 0.05) is 31.3 Å². The molecule has 1 amide bonds. The number of methoxy groups -OCH3 is 1. The van der Waals surface area contributed by atoms with Gasteiger partial charge in [0.2, 0.25) is 0 Å². The van der Waals surface area contributed by atoms with Crippen LogP contribution in [0.4, 0.5) is 11.4 Å². The summed E-state index contributed by atoms with van der Waals surface area (Å²) in [5.74, 6) is -0.862. The maximum absolute atomic E-state index is 12.6. The van der Waals surface area contributed by atoms with E-state index < -0.39 is 22.8 Å². The topological polar surface area (TPSA) is 102 Å². The number of carbonyl (C=O) groups excluding carboxylic acids is 2. The third-order valence-electron chi connectivity index (χ3n) is 3.96. The van der Waals surface area contributed by atoms with Gasteiger partial charge in [-0.1, -0.05) is 0 Å². The van der Waals surface area contributed by atoms with Crippen molar-refractivity contribution in [3.63, 3.8) is 0 Å². The highest BCUT2D eigenvalue weighted by Crippen LogP contribution is 2.28. The van der Waals surface area contributed by atoms with E-state index >= 15 is 0 Å². The molecule has 1 aromatic rings. The summed E-state index contributed by atoms with van der Waals surface area (Å²) in [6, 6.07) is 3.87. The number of nitro benzene ring substituents is 1. The van der Waals surface area contributed by atoms with E-state index in [4.69, 9.17) is 0 Å². The summed E-state index contributed by atoms with van der Waals surface area (Å²) >= 11 is 0. The molecule has 8 nitrogen and oxygen atoms in total. The number of rotatable bonds is 6. The number of nitro groups is 1. The summed E-state index contributed by atoms with van der Waals surface area (Å²) in [6.45, 7) is 3.31. The van der Waals surface area contributed by atoms with Crippen molar-refractivity contribution in [3.05, 3.63) is 33.9 Å².